The molecule has 1 aromatic carbocycles. The van der Waals surface area contributed by atoms with Crippen molar-refractivity contribution in [3.05, 3.63) is 35.9 Å². The summed E-state index contributed by atoms with van der Waals surface area (Å²) in [6, 6.07) is 10.5. The molecule has 1 amide bonds. The maximum absolute atomic E-state index is 12.9. The Balaban J connectivity index is 2.10. The number of nitrogens with one attached hydrogen (secondary N) is 2. The van der Waals surface area contributed by atoms with Gasteiger partial charge in [0, 0.05) is 6.54 Å². The zero-order chi connectivity index (χ0) is 15.1. The van der Waals surface area contributed by atoms with Crippen LogP contribution in [-0.4, -0.2) is 19.0 Å². The molecule has 116 valence electrons. The number of hydrogen-bond acceptors (Lipinski definition) is 2. The molecule has 1 saturated heterocycles. The quantitative estimate of drug-likeness (QED) is 0.807. The van der Waals surface area contributed by atoms with Gasteiger partial charge in [0.25, 0.3) is 0 Å². The molecule has 1 fully saturated rings. The third-order valence-corrected chi connectivity index (χ3v) is 4.54. The van der Waals surface area contributed by atoms with E-state index in [2.05, 4.69) is 36.6 Å². The van der Waals surface area contributed by atoms with Crippen LogP contribution in [0.5, 0.6) is 0 Å². The van der Waals surface area contributed by atoms with Crippen molar-refractivity contribution in [3.63, 3.8) is 0 Å². The van der Waals surface area contributed by atoms with Crippen molar-refractivity contribution in [2.75, 3.05) is 13.1 Å². The first-order valence-corrected chi connectivity index (χ1v) is 8.28. The number of rotatable bonds is 7. The third-order valence-electron chi connectivity index (χ3n) is 4.54. The number of benzene rings is 1. The molecule has 0 aromatic heterocycles. The SMILES string of the molecule is CCCC(NC(=O)C1(CCC)CCNC1)c1ccccc1. The van der Waals surface area contributed by atoms with Gasteiger partial charge in [-0.3, -0.25) is 4.79 Å². The summed E-state index contributed by atoms with van der Waals surface area (Å²) in [7, 11) is 0. The molecule has 1 aromatic rings. The smallest absolute Gasteiger partial charge is 0.228 e. The van der Waals surface area contributed by atoms with Crippen LogP contribution >= 0.6 is 0 Å². The van der Waals surface area contributed by atoms with Gasteiger partial charge in [0.2, 0.25) is 5.91 Å². The molecular formula is C18H28N2O. The highest BCUT2D eigenvalue weighted by Gasteiger charge is 2.40. The van der Waals surface area contributed by atoms with Crippen LogP contribution in [0.2, 0.25) is 0 Å². The number of carbonyl (C=O) groups is 1. The summed E-state index contributed by atoms with van der Waals surface area (Å²) in [5.74, 6) is 0.233. The molecule has 1 heterocycles. The minimum Gasteiger partial charge on any atom is -0.349 e. The molecule has 0 saturated carbocycles. The summed E-state index contributed by atoms with van der Waals surface area (Å²) in [6.45, 7) is 6.10. The maximum Gasteiger partial charge on any atom is 0.228 e. The van der Waals surface area contributed by atoms with E-state index in [9.17, 15) is 4.79 Å². The average molecular weight is 288 g/mol. The zero-order valence-corrected chi connectivity index (χ0v) is 13.3. The summed E-state index contributed by atoms with van der Waals surface area (Å²) >= 11 is 0. The lowest BCUT2D eigenvalue weighted by molar-refractivity contribution is -0.131. The van der Waals surface area contributed by atoms with Crippen molar-refractivity contribution >= 4 is 5.91 Å². The van der Waals surface area contributed by atoms with Gasteiger partial charge < -0.3 is 10.6 Å². The fraction of sp³-hybridized carbons (Fsp3) is 0.611. The lowest BCUT2D eigenvalue weighted by atomic mass is 9.81. The summed E-state index contributed by atoms with van der Waals surface area (Å²) in [5, 5.41) is 6.69. The number of amides is 1. The normalized spacial score (nSPS) is 23.0. The highest BCUT2D eigenvalue weighted by molar-refractivity contribution is 5.83. The van der Waals surface area contributed by atoms with E-state index in [4.69, 9.17) is 0 Å². The van der Waals surface area contributed by atoms with Crippen LogP contribution < -0.4 is 10.6 Å². The summed E-state index contributed by atoms with van der Waals surface area (Å²) in [6.07, 6.45) is 5.04. The molecule has 0 radical (unpaired) electrons. The number of hydrogen-bond donors (Lipinski definition) is 2. The van der Waals surface area contributed by atoms with Crippen LogP contribution in [0, 0.1) is 5.41 Å². The Morgan fingerprint density at radius 3 is 2.62 bits per heavy atom. The standard InChI is InChI=1S/C18H28N2O/c1-3-8-16(15-9-6-5-7-10-15)20-17(21)18(11-4-2)12-13-19-14-18/h5-7,9-10,16,19H,3-4,8,11-14H2,1-2H3,(H,20,21). The molecule has 1 aliphatic rings. The van der Waals surface area contributed by atoms with Crippen molar-refractivity contribution in [2.24, 2.45) is 5.41 Å². The molecule has 3 nitrogen and oxygen atoms in total. The van der Waals surface area contributed by atoms with Crippen LogP contribution in [-0.2, 0) is 4.79 Å². The van der Waals surface area contributed by atoms with E-state index in [0.29, 0.717) is 0 Å². The molecule has 0 aliphatic carbocycles. The molecule has 0 spiro atoms. The average Bonchev–Trinajstić information content (AvgIpc) is 2.98. The van der Waals surface area contributed by atoms with Crippen molar-refractivity contribution in [1.82, 2.24) is 10.6 Å². The first-order valence-electron chi connectivity index (χ1n) is 8.28. The number of carbonyl (C=O) groups excluding carboxylic acids is 1. The Morgan fingerprint density at radius 1 is 1.29 bits per heavy atom. The molecular weight excluding hydrogens is 260 g/mol. The third kappa shape index (κ3) is 3.85. The zero-order valence-electron chi connectivity index (χ0n) is 13.3. The van der Waals surface area contributed by atoms with E-state index in [0.717, 1.165) is 45.2 Å². The predicted molar refractivity (Wildman–Crippen MR) is 87.1 cm³/mol. The van der Waals surface area contributed by atoms with Crippen molar-refractivity contribution in [3.8, 4) is 0 Å². The fourth-order valence-corrected chi connectivity index (χ4v) is 3.35. The van der Waals surface area contributed by atoms with E-state index >= 15 is 0 Å². The fourth-order valence-electron chi connectivity index (χ4n) is 3.35. The Morgan fingerprint density at radius 2 is 2.05 bits per heavy atom. The van der Waals surface area contributed by atoms with E-state index in [1.165, 1.54) is 5.56 Å². The lowest BCUT2D eigenvalue weighted by Gasteiger charge is -2.29. The molecule has 1 aliphatic heterocycles. The molecule has 2 atom stereocenters. The Bertz CT molecular complexity index is 438. The van der Waals surface area contributed by atoms with Crippen LogP contribution in [0.4, 0.5) is 0 Å². The molecule has 21 heavy (non-hydrogen) atoms. The van der Waals surface area contributed by atoms with E-state index in [-0.39, 0.29) is 17.4 Å². The summed E-state index contributed by atoms with van der Waals surface area (Å²) in [5.41, 5.74) is 1.01. The summed E-state index contributed by atoms with van der Waals surface area (Å²) < 4.78 is 0. The van der Waals surface area contributed by atoms with Gasteiger partial charge in [-0.25, -0.2) is 0 Å². The molecule has 3 heteroatoms. The molecule has 2 rings (SSSR count). The van der Waals surface area contributed by atoms with Gasteiger partial charge in [-0.05, 0) is 31.4 Å². The minimum absolute atomic E-state index is 0.137. The van der Waals surface area contributed by atoms with Gasteiger partial charge in [0.05, 0.1) is 11.5 Å². The topological polar surface area (TPSA) is 41.1 Å². The largest absolute Gasteiger partial charge is 0.349 e. The van der Waals surface area contributed by atoms with Crippen LogP contribution in [0.25, 0.3) is 0 Å². The maximum atomic E-state index is 12.9. The Hall–Kier alpha value is -1.35. The van der Waals surface area contributed by atoms with Gasteiger partial charge in [-0.1, -0.05) is 57.0 Å². The van der Waals surface area contributed by atoms with Crippen molar-refractivity contribution in [2.45, 2.75) is 52.0 Å². The molecule has 0 bridgehead atoms. The minimum atomic E-state index is -0.199. The second-order valence-corrected chi connectivity index (χ2v) is 6.18. The van der Waals surface area contributed by atoms with Gasteiger partial charge in [0.1, 0.15) is 0 Å². The van der Waals surface area contributed by atoms with Gasteiger partial charge in [-0.2, -0.15) is 0 Å². The monoisotopic (exact) mass is 288 g/mol. The summed E-state index contributed by atoms with van der Waals surface area (Å²) in [4.78, 5) is 12.9. The van der Waals surface area contributed by atoms with Crippen molar-refractivity contribution in [1.29, 1.82) is 0 Å². The predicted octanol–water partition coefficient (Wildman–Crippen LogP) is 3.42. The molecule has 2 N–H and O–H groups in total. The van der Waals surface area contributed by atoms with Crippen LogP contribution in [0.15, 0.2) is 30.3 Å². The first kappa shape index (κ1) is 16.0. The van der Waals surface area contributed by atoms with E-state index in [1.807, 2.05) is 18.2 Å². The Labute approximate surface area is 128 Å². The second kappa shape index (κ2) is 7.60. The van der Waals surface area contributed by atoms with Gasteiger partial charge >= 0.3 is 0 Å². The highest BCUT2D eigenvalue weighted by atomic mass is 16.2. The van der Waals surface area contributed by atoms with Crippen LogP contribution in [0.3, 0.4) is 0 Å². The van der Waals surface area contributed by atoms with Crippen LogP contribution in [0.1, 0.15) is 57.6 Å². The lowest BCUT2D eigenvalue weighted by Crippen LogP contribution is -2.44. The van der Waals surface area contributed by atoms with E-state index < -0.39 is 0 Å². The highest BCUT2D eigenvalue weighted by Crippen LogP contribution is 2.32. The van der Waals surface area contributed by atoms with Gasteiger partial charge in [-0.15, -0.1) is 0 Å². The van der Waals surface area contributed by atoms with E-state index in [1.54, 1.807) is 0 Å². The first-order chi connectivity index (χ1) is 10.2. The van der Waals surface area contributed by atoms with Gasteiger partial charge in [0.15, 0.2) is 0 Å². The Kier molecular flexibility index (Phi) is 5.80. The second-order valence-electron chi connectivity index (χ2n) is 6.18. The van der Waals surface area contributed by atoms with Crippen molar-refractivity contribution < 1.29 is 4.79 Å². The molecule has 2 unspecified atom stereocenters.